The standard InChI is InChI=1S/C10H15N3O/c1-7-3-4-9-10(13-7)12-6-8(14-2)5-11-9/h3-4,8,11H,5-6H2,1-2H3,(H,12,13). The van der Waals surface area contributed by atoms with Crippen molar-refractivity contribution in [2.24, 2.45) is 0 Å². The summed E-state index contributed by atoms with van der Waals surface area (Å²) in [5.41, 5.74) is 2.07. The summed E-state index contributed by atoms with van der Waals surface area (Å²) in [6, 6.07) is 4.04. The number of fused-ring (bicyclic) bond motifs is 1. The molecule has 1 aromatic heterocycles. The predicted molar refractivity (Wildman–Crippen MR) is 56.8 cm³/mol. The summed E-state index contributed by atoms with van der Waals surface area (Å²) < 4.78 is 5.28. The Labute approximate surface area is 83.7 Å². The minimum Gasteiger partial charge on any atom is -0.379 e. The number of nitrogens with zero attached hydrogens (tertiary/aromatic N) is 1. The SMILES string of the molecule is COC1CNc2ccc(C)nc2NC1. The first-order valence-corrected chi connectivity index (χ1v) is 4.78. The van der Waals surface area contributed by atoms with Crippen molar-refractivity contribution in [3.8, 4) is 0 Å². The summed E-state index contributed by atoms with van der Waals surface area (Å²) in [5.74, 6) is 0.921. The molecule has 2 heterocycles. The van der Waals surface area contributed by atoms with Crippen LogP contribution in [-0.4, -0.2) is 31.3 Å². The number of aryl methyl sites for hydroxylation is 1. The van der Waals surface area contributed by atoms with Crippen LogP contribution in [-0.2, 0) is 4.74 Å². The Morgan fingerprint density at radius 1 is 1.36 bits per heavy atom. The van der Waals surface area contributed by atoms with Gasteiger partial charge in [-0.2, -0.15) is 0 Å². The van der Waals surface area contributed by atoms with E-state index in [1.165, 1.54) is 0 Å². The lowest BCUT2D eigenvalue weighted by Gasteiger charge is -2.11. The van der Waals surface area contributed by atoms with Crippen LogP contribution < -0.4 is 10.6 Å². The van der Waals surface area contributed by atoms with Crippen LogP contribution in [0.5, 0.6) is 0 Å². The summed E-state index contributed by atoms with van der Waals surface area (Å²) in [4.78, 5) is 4.41. The number of pyridine rings is 1. The quantitative estimate of drug-likeness (QED) is 0.704. The number of rotatable bonds is 1. The molecule has 1 aliphatic rings. The highest BCUT2D eigenvalue weighted by molar-refractivity contribution is 5.65. The fourth-order valence-electron chi connectivity index (χ4n) is 1.51. The van der Waals surface area contributed by atoms with Gasteiger partial charge in [0.15, 0.2) is 0 Å². The smallest absolute Gasteiger partial charge is 0.149 e. The van der Waals surface area contributed by atoms with E-state index in [1.807, 2.05) is 19.1 Å². The van der Waals surface area contributed by atoms with Crippen molar-refractivity contribution in [3.63, 3.8) is 0 Å². The first kappa shape index (κ1) is 9.27. The fourth-order valence-corrected chi connectivity index (χ4v) is 1.51. The minimum atomic E-state index is 0.199. The molecule has 4 heteroatoms. The van der Waals surface area contributed by atoms with Crippen molar-refractivity contribution in [3.05, 3.63) is 17.8 Å². The molecule has 0 bridgehead atoms. The molecule has 2 N–H and O–H groups in total. The molecule has 76 valence electrons. The van der Waals surface area contributed by atoms with Crippen LogP contribution in [0, 0.1) is 6.92 Å². The van der Waals surface area contributed by atoms with E-state index in [0.717, 1.165) is 30.3 Å². The number of hydrogen-bond acceptors (Lipinski definition) is 4. The summed E-state index contributed by atoms with van der Waals surface area (Å²) >= 11 is 0. The van der Waals surface area contributed by atoms with Gasteiger partial charge in [-0.05, 0) is 19.1 Å². The molecule has 2 rings (SSSR count). The Morgan fingerprint density at radius 3 is 2.93 bits per heavy atom. The number of nitrogens with one attached hydrogen (secondary N) is 2. The van der Waals surface area contributed by atoms with Gasteiger partial charge < -0.3 is 15.4 Å². The third kappa shape index (κ3) is 1.80. The Balaban J connectivity index is 2.21. The molecule has 1 aliphatic heterocycles. The molecular weight excluding hydrogens is 178 g/mol. The minimum absolute atomic E-state index is 0.199. The highest BCUT2D eigenvalue weighted by atomic mass is 16.5. The van der Waals surface area contributed by atoms with Crippen molar-refractivity contribution >= 4 is 11.5 Å². The molecule has 0 fully saturated rings. The summed E-state index contributed by atoms with van der Waals surface area (Å²) in [5, 5.41) is 6.57. The maximum absolute atomic E-state index is 5.28. The Bertz CT molecular complexity index is 327. The van der Waals surface area contributed by atoms with E-state index in [4.69, 9.17) is 4.74 Å². The second-order valence-corrected chi connectivity index (χ2v) is 3.47. The largest absolute Gasteiger partial charge is 0.379 e. The van der Waals surface area contributed by atoms with Crippen LogP contribution in [0.4, 0.5) is 11.5 Å². The molecule has 1 aromatic rings. The number of ether oxygens (including phenoxy) is 1. The third-order valence-electron chi connectivity index (χ3n) is 2.39. The Hall–Kier alpha value is -1.29. The molecule has 0 aliphatic carbocycles. The van der Waals surface area contributed by atoms with Gasteiger partial charge in [-0.25, -0.2) is 4.98 Å². The van der Waals surface area contributed by atoms with Crippen molar-refractivity contribution in [1.29, 1.82) is 0 Å². The Kier molecular flexibility index (Phi) is 2.54. The van der Waals surface area contributed by atoms with Crippen LogP contribution in [0.15, 0.2) is 12.1 Å². The summed E-state index contributed by atoms with van der Waals surface area (Å²) in [6.07, 6.45) is 0.199. The van der Waals surface area contributed by atoms with Crippen LogP contribution in [0.2, 0.25) is 0 Å². The van der Waals surface area contributed by atoms with Gasteiger partial charge in [0.1, 0.15) is 5.82 Å². The zero-order chi connectivity index (χ0) is 9.97. The van der Waals surface area contributed by atoms with Gasteiger partial charge in [0.25, 0.3) is 0 Å². The average molecular weight is 193 g/mol. The van der Waals surface area contributed by atoms with Crippen molar-refractivity contribution in [1.82, 2.24) is 4.98 Å². The maximum atomic E-state index is 5.28. The molecule has 0 saturated carbocycles. The van der Waals surface area contributed by atoms with Crippen LogP contribution >= 0.6 is 0 Å². The predicted octanol–water partition coefficient (Wildman–Crippen LogP) is 1.24. The lowest BCUT2D eigenvalue weighted by Crippen LogP contribution is -2.26. The molecule has 14 heavy (non-hydrogen) atoms. The molecule has 0 saturated heterocycles. The molecule has 0 radical (unpaired) electrons. The average Bonchev–Trinajstić information content (AvgIpc) is 2.39. The zero-order valence-corrected chi connectivity index (χ0v) is 8.50. The van der Waals surface area contributed by atoms with Crippen molar-refractivity contribution in [2.45, 2.75) is 13.0 Å². The zero-order valence-electron chi connectivity index (χ0n) is 8.50. The topological polar surface area (TPSA) is 46.2 Å². The summed E-state index contributed by atoms with van der Waals surface area (Å²) in [7, 11) is 1.72. The van der Waals surface area contributed by atoms with Crippen molar-refractivity contribution < 1.29 is 4.74 Å². The van der Waals surface area contributed by atoms with Crippen LogP contribution in [0.1, 0.15) is 5.69 Å². The maximum Gasteiger partial charge on any atom is 0.149 e. The van der Waals surface area contributed by atoms with Gasteiger partial charge in [-0.1, -0.05) is 0 Å². The van der Waals surface area contributed by atoms with Gasteiger partial charge >= 0.3 is 0 Å². The number of methoxy groups -OCH3 is 1. The third-order valence-corrected chi connectivity index (χ3v) is 2.39. The summed E-state index contributed by atoms with van der Waals surface area (Å²) in [6.45, 7) is 3.61. The Morgan fingerprint density at radius 2 is 2.14 bits per heavy atom. The monoisotopic (exact) mass is 193 g/mol. The second-order valence-electron chi connectivity index (χ2n) is 3.47. The van der Waals surface area contributed by atoms with Crippen molar-refractivity contribution in [2.75, 3.05) is 30.8 Å². The number of hydrogen-bond donors (Lipinski definition) is 2. The second kappa shape index (κ2) is 3.84. The van der Waals surface area contributed by atoms with Crippen LogP contribution in [0.3, 0.4) is 0 Å². The lowest BCUT2D eigenvalue weighted by molar-refractivity contribution is 0.124. The van der Waals surface area contributed by atoms with E-state index in [-0.39, 0.29) is 6.10 Å². The van der Waals surface area contributed by atoms with Gasteiger partial charge in [0.05, 0.1) is 11.8 Å². The molecule has 1 atom stereocenters. The van der Waals surface area contributed by atoms with E-state index < -0.39 is 0 Å². The van der Waals surface area contributed by atoms with E-state index in [1.54, 1.807) is 7.11 Å². The lowest BCUT2D eigenvalue weighted by atomic mass is 10.3. The molecule has 4 nitrogen and oxygen atoms in total. The molecule has 0 aromatic carbocycles. The highest BCUT2D eigenvalue weighted by Gasteiger charge is 2.14. The normalized spacial score (nSPS) is 20.3. The van der Waals surface area contributed by atoms with E-state index in [9.17, 15) is 0 Å². The highest BCUT2D eigenvalue weighted by Crippen LogP contribution is 2.21. The number of anilines is 2. The van der Waals surface area contributed by atoms with E-state index >= 15 is 0 Å². The molecule has 0 spiro atoms. The molecular formula is C10H15N3O. The fraction of sp³-hybridized carbons (Fsp3) is 0.500. The van der Waals surface area contributed by atoms with E-state index in [2.05, 4.69) is 15.6 Å². The molecule has 1 unspecified atom stereocenters. The van der Waals surface area contributed by atoms with Gasteiger partial charge in [-0.15, -0.1) is 0 Å². The van der Waals surface area contributed by atoms with Gasteiger partial charge in [0, 0.05) is 25.9 Å². The van der Waals surface area contributed by atoms with Gasteiger partial charge in [-0.3, -0.25) is 0 Å². The first-order chi connectivity index (χ1) is 6.79. The number of aromatic nitrogens is 1. The van der Waals surface area contributed by atoms with Crippen LogP contribution in [0.25, 0.3) is 0 Å². The first-order valence-electron chi connectivity index (χ1n) is 4.78. The van der Waals surface area contributed by atoms with Gasteiger partial charge in [0.2, 0.25) is 0 Å². The van der Waals surface area contributed by atoms with E-state index in [0.29, 0.717) is 0 Å². The molecule has 0 amide bonds.